The minimum absolute atomic E-state index is 0.0187. The number of nitrogens with one attached hydrogen (secondary N) is 1. The van der Waals surface area contributed by atoms with E-state index in [1.165, 1.54) is 12.4 Å². The van der Waals surface area contributed by atoms with Crippen molar-refractivity contribution in [3.05, 3.63) is 59.5 Å². The smallest absolute Gasteiger partial charge is 0.217 e. The molecule has 1 atom stereocenters. The molecule has 1 aliphatic rings. The lowest BCUT2D eigenvalue weighted by Gasteiger charge is -2.36. The van der Waals surface area contributed by atoms with E-state index in [9.17, 15) is 4.79 Å². The minimum atomic E-state index is -0.0187. The first-order chi connectivity index (χ1) is 15.0. The zero-order chi connectivity index (χ0) is 21.8. The van der Waals surface area contributed by atoms with Gasteiger partial charge in [0, 0.05) is 37.3 Å². The fraction of sp³-hybridized carbons (Fsp3) is 0.417. The third-order valence-corrected chi connectivity index (χ3v) is 5.84. The fourth-order valence-electron chi connectivity index (χ4n) is 4.03. The largest absolute Gasteiger partial charge is 0.487 e. The second-order valence-corrected chi connectivity index (χ2v) is 8.74. The molecule has 6 nitrogen and oxygen atoms in total. The zero-order valence-corrected chi connectivity index (χ0v) is 18.6. The minimum Gasteiger partial charge on any atom is -0.487 e. The molecule has 0 spiro atoms. The molecule has 1 amide bonds. The van der Waals surface area contributed by atoms with Gasteiger partial charge in [0.1, 0.15) is 12.4 Å². The van der Waals surface area contributed by atoms with Crippen LogP contribution in [0.5, 0.6) is 5.75 Å². The molecule has 2 heterocycles. The Bertz CT molecular complexity index is 1030. The van der Waals surface area contributed by atoms with E-state index in [-0.39, 0.29) is 18.1 Å². The summed E-state index contributed by atoms with van der Waals surface area (Å²) < 4.78 is 14.2. The maximum absolute atomic E-state index is 11.1. The van der Waals surface area contributed by atoms with Crippen LogP contribution in [0.3, 0.4) is 0 Å². The predicted octanol–water partition coefficient (Wildman–Crippen LogP) is 4.59. The lowest BCUT2D eigenvalue weighted by Crippen LogP contribution is -2.39. The second-order valence-electron chi connectivity index (χ2n) is 8.31. The number of fused-ring (bicyclic) bond motifs is 1. The maximum atomic E-state index is 11.1. The van der Waals surface area contributed by atoms with Crippen molar-refractivity contribution in [2.24, 2.45) is 5.92 Å². The fourth-order valence-corrected chi connectivity index (χ4v) is 4.14. The van der Waals surface area contributed by atoms with Crippen molar-refractivity contribution in [3.8, 4) is 5.75 Å². The Hall–Kier alpha value is -2.57. The van der Waals surface area contributed by atoms with Crippen LogP contribution in [0, 0.1) is 5.92 Å². The number of benzene rings is 1. The monoisotopic (exact) mass is 441 g/mol. The molecular formula is C24H28ClN3O3. The van der Waals surface area contributed by atoms with E-state index in [4.69, 9.17) is 21.1 Å². The molecule has 1 N–H and O–H groups in total. The van der Waals surface area contributed by atoms with Crippen molar-refractivity contribution in [2.45, 2.75) is 52.0 Å². The van der Waals surface area contributed by atoms with Crippen LogP contribution >= 0.6 is 11.6 Å². The van der Waals surface area contributed by atoms with E-state index in [1.54, 1.807) is 6.20 Å². The molecule has 0 bridgehead atoms. The molecule has 1 aromatic carbocycles. The van der Waals surface area contributed by atoms with Gasteiger partial charge >= 0.3 is 0 Å². The number of carbonyl (C=O) groups excluding carboxylic acids is 1. The highest BCUT2D eigenvalue weighted by Gasteiger charge is 2.30. The van der Waals surface area contributed by atoms with Gasteiger partial charge in [-0.3, -0.25) is 9.78 Å². The number of carbonyl (C=O) groups is 1. The van der Waals surface area contributed by atoms with Crippen LogP contribution in [0.25, 0.3) is 10.9 Å². The Morgan fingerprint density at radius 1 is 1.29 bits per heavy atom. The summed E-state index contributed by atoms with van der Waals surface area (Å²) in [4.78, 5) is 15.4. The van der Waals surface area contributed by atoms with Crippen LogP contribution in [0.15, 0.2) is 48.8 Å². The van der Waals surface area contributed by atoms with Gasteiger partial charge in [-0.25, -0.2) is 0 Å². The molecule has 0 unspecified atom stereocenters. The first-order valence-electron chi connectivity index (χ1n) is 10.7. The lowest BCUT2D eigenvalue weighted by atomic mass is 9.82. The van der Waals surface area contributed by atoms with Crippen molar-refractivity contribution < 1.29 is 14.3 Å². The maximum Gasteiger partial charge on any atom is 0.217 e. The highest BCUT2D eigenvalue weighted by molar-refractivity contribution is 6.30. The average molecular weight is 442 g/mol. The SMILES string of the molecule is CC(=O)N[C@@H](C)COC1CC(Cn2ccc3c(OCc4ccc(Cl)cn4)cccc32)C1. The van der Waals surface area contributed by atoms with E-state index in [0.29, 0.717) is 24.2 Å². The molecule has 0 radical (unpaired) electrons. The van der Waals surface area contributed by atoms with Gasteiger partial charge in [0.05, 0.1) is 28.9 Å². The number of pyridine rings is 1. The number of aromatic nitrogens is 2. The molecule has 1 fully saturated rings. The van der Waals surface area contributed by atoms with Gasteiger partial charge in [-0.15, -0.1) is 0 Å². The Balaban J connectivity index is 1.30. The molecule has 1 aliphatic carbocycles. The van der Waals surface area contributed by atoms with Crippen LogP contribution in [0.1, 0.15) is 32.4 Å². The summed E-state index contributed by atoms with van der Waals surface area (Å²) in [5.41, 5.74) is 2.01. The molecule has 164 valence electrons. The number of rotatable bonds is 9. The van der Waals surface area contributed by atoms with Gasteiger partial charge in [-0.05, 0) is 56.0 Å². The average Bonchev–Trinajstić information content (AvgIpc) is 3.12. The Morgan fingerprint density at radius 2 is 2.13 bits per heavy atom. The number of ether oxygens (including phenoxy) is 2. The van der Waals surface area contributed by atoms with Gasteiger partial charge in [0.15, 0.2) is 0 Å². The normalized spacial score (nSPS) is 19.1. The van der Waals surface area contributed by atoms with Crippen molar-refractivity contribution >= 4 is 28.4 Å². The number of amides is 1. The molecule has 31 heavy (non-hydrogen) atoms. The Morgan fingerprint density at radius 3 is 2.87 bits per heavy atom. The first-order valence-corrected chi connectivity index (χ1v) is 11.1. The molecular weight excluding hydrogens is 414 g/mol. The predicted molar refractivity (Wildman–Crippen MR) is 121 cm³/mol. The van der Waals surface area contributed by atoms with Crippen LogP contribution in [0.2, 0.25) is 5.02 Å². The Labute approximate surface area is 187 Å². The topological polar surface area (TPSA) is 65.4 Å². The van der Waals surface area contributed by atoms with Gasteiger partial charge in [0.25, 0.3) is 0 Å². The van der Waals surface area contributed by atoms with Crippen LogP contribution < -0.4 is 10.1 Å². The molecule has 1 saturated carbocycles. The van der Waals surface area contributed by atoms with Crippen molar-refractivity contribution in [1.29, 1.82) is 0 Å². The molecule has 3 aromatic rings. The third kappa shape index (κ3) is 5.57. The first kappa shape index (κ1) is 21.7. The van der Waals surface area contributed by atoms with Crippen molar-refractivity contribution in [1.82, 2.24) is 14.9 Å². The summed E-state index contributed by atoms with van der Waals surface area (Å²) >= 11 is 5.90. The summed E-state index contributed by atoms with van der Waals surface area (Å²) in [5, 5.41) is 4.58. The second kappa shape index (κ2) is 9.71. The van der Waals surface area contributed by atoms with E-state index in [0.717, 1.165) is 36.2 Å². The van der Waals surface area contributed by atoms with E-state index >= 15 is 0 Å². The lowest BCUT2D eigenvalue weighted by molar-refractivity contribution is -0.120. The van der Waals surface area contributed by atoms with Crippen molar-refractivity contribution in [3.63, 3.8) is 0 Å². The standard InChI is InChI=1S/C24H28ClN3O3/c1-16(27-17(2)29)14-30-21-10-18(11-21)13-28-9-8-22-23(28)4-3-5-24(22)31-15-20-7-6-19(25)12-26-20/h3-9,12,16,18,21H,10-11,13-15H2,1-2H3,(H,27,29)/t16-,18?,21?/m0/s1. The van der Waals surface area contributed by atoms with Crippen LogP contribution in [0.4, 0.5) is 0 Å². The number of halogens is 1. The summed E-state index contributed by atoms with van der Waals surface area (Å²) in [7, 11) is 0. The molecule has 7 heteroatoms. The van der Waals surface area contributed by atoms with E-state index in [1.807, 2.05) is 31.2 Å². The van der Waals surface area contributed by atoms with Crippen LogP contribution in [-0.4, -0.2) is 34.2 Å². The highest BCUT2D eigenvalue weighted by Crippen LogP contribution is 2.34. The van der Waals surface area contributed by atoms with Gasteiger partial charge < -0.3 is 19.4 Å². The summed E-state index contributed by atoms with van der Waals surface area (Å²) in [6.07, 6.45) is 6.14. The highest BCUT2D eigenvalue weighted by atomic mass is 35.5. The number of hydrogen-bond acceptors (Lipinski definition) is 4. The quantitative estimate of drug-likeness (QED) is 0.527. The van der Waals surface area contributed by atoms with Crippen LogP contribution in [-0.2, 0) is 22.7 Å². The van der Waals surface area contributed by atoms with E-state index < -0.39 is 0 Å². The van der Waals surface area contributed by atoms with E-state index in [2.05, 4.69) is 33.2 Å². The summed E-state index contributed by atoms with van der Waals surface area (Å²) in [6.45, 7) is 5.42. The Kier molecular flexibility index (Phi) is 6.78. The zero-order valence-electron chi connectivity index (χ0n) is 17.9. The molecule has 2 aromatic heterocycles. The molecule has 0 aliphatic heterocycles. The van der Waals surface area contributed by atoms with Gasteiger partial charge in [0.2, 0.25) is 5.91 Å². The summed E-state index contributed by atoms with van der Waals surface area (Å²) in [6, 6.07) is 12.0. The van der Waals surface area contributed by atoms with Gasteiger partial charge in [-0.1, -0.05) is 17.7 Å². The van der Waals surface area contributed by atoms with Gasteiger partial charge in [-0.2, -0.15) is 0 Å². The number of nitrogens with zero attached hydrogens (tertiary/aromatic N) is 2. The third-order valence-electron chi connectivity index (χ3n) is 5.62. The van der Waals surface area contributed by atoms with Crippen molar-refractivity contribution in [2.75, 3.05) is 6.61 Å². The molecule has 4 rings (SSSR count). The number of hydrogen-bond donors (Lipinski definition) is 1. The molecule has 0 saturated heterocycles. The summed E-state index contributed by atoms with van der Waals surface area (Å²) in [5.74, 6) is 1.43.